The van der Waals surface area contributed by atoms with Gasteiger partial charge in [-0.3, -0.25) is 0 Å². The highest BCUT2D eigenvalue weighted by atomic mass is 32.2. The molecule has 0 radical (unpaired) electrons. The molecule has 6 heteroatoms. The summed E-state index contributed by atoms with van der Waals surface area (Å²) < 4.78 is 6.93. The quantitative estimate of drug-likeness (QED) is 0.555. The second kappa shape index (κ2) is 5.21. The number of rotatable bonds is 5. The van der Waals surface area contributed by atoms with Gasteiger partial charge in [0.15, 0.2) is 5.16 Å². The van der Waals surface area contributed by atoms with E-state index in [1.54, 1.807) is 7.11 Å². The molecule has 1 aromatic heterocycles. The molecule has 0 aliphatic rings. The highest BCUT2D eigenvalue weighted by Gasteiger charge is 2.08. The molecule has 0 saturated carbocycles. The van der Waals surface area contributed by atoms with Crippen LogP contribution in [-0.2, 0) is 17.8 Å². The van der Waals surface area contributed by atoms with Gasteiger partial charge in [-0.15, -0.1) is 10.2 Å². The molecular weight excluding hydrogens is 188 g/mol. The van der Waals surface area contributed by atoms with Crippen LogP contribution in [0, 0.1) is 0 Å². The van der Waals surface area contributed by atoms with Crippen molar-refractivity contribution in [3.8, 4) is 0 Å². The van der Waals surface area contributed by atoms with Gasteiger partial charge in [0.25, 0.3) is 0 Å². The van der Waals surface area contributed by atoms with Crippen LogP contribution in [0.1, 0.15) is 12.7 Å². The molecule has 5 nitrogen and oxygen atoms in total. The molecule has 0 spiro atoms. The van der Waals surface area contributed by atoms with Gasteiger partial charge in [0.05, 0.1) is 12.5 Å². The Morgan fingerprint density at radius 1 is 1.54 bits per heavy atom. The number of nitrogens with zero attached hydrogens (tertiary/aromatic N) is 3. The van der Waals surface area contributed by atoms with E-state index >= 15 is 0 Å². The van der Waals surface area contributed by atoms with Gasteiger partial charge in [-0.1, -0.05) is 11.8 Å². The lowest BCUT2D eigenvalue weighted by molar-refractivity contribution is 0.258. The average Bonchev–Trinajstić information content (AvgIpc) is 2.56. The van der Waals surface area contributed by atoms with Crippen molar-refractivity contribution in [2.24, 2.45) is 5.73 Å². The lowest BCUT2D eigenvalue weighted by Crippen LogP contribution is -2.08. The summed E-state index contributed by atoms with van der Waals surface area (Å²) in [5.74, 6) is 1.41. The smallest absolute Gasteiger partial charge is 0.193 e. The minimum Gasteiger partial charge on any atom is -0.374 e. The van der Waals surface area contributed by atoms with Gasteiger partial charge >= 0.3 is 0 Å². The third-order valence-corrected chi connectivity index (χ3v) is 2.51. The van der Waals surface area contributed by atoms with Crippen LogP contribution < -0.4 is 5.73 Å². The highest BCUT2D eigenvalue weighted by Crippen LogP contribution is 2.16. The first-order valence-corrected chi connectivity index (χ1v) is 5.05. The molecule has 0 aromatic carbocycles. The number of hydrogen-bond donors (Lipinski definition) is 1. The van der Waals surface area contributed by atoms with E-state index in [9.17, 15) is 0 Å². The van der Waals surface area contributed by atoms with E-state index in [-0.39, 0.29) is 0 Å². The molecule has 13 heavy (non-hydrogen) atoms. The third-order valence-electron chi connectivity index (χ3n) is 1.60. The van der Waals surface area contributed by atoms with Gasteiger partial charge in [-0.05, 0) is 6.92 Å². The van der Waals surface area contributed by atoms with Crippen LogP contribution in [0.4, 0.5) is 0 Å². The van der Waals surface area contributed by atoms with E-state index in [0.717, 1.165) is 17.5 Å². The molecule has 0 unspecified atom stereocenters. The molecule has 1 aromatic rings. The van der Waals surface area contributed by atoms with Crippen molar-refractivity contribution in [1.29, 1.82) is 0 Å². The summed E-state index contributed by atoms with van der Waals surface area (Å²) in [7, 11) is 1.66. The van der Waals surface area contributed by atoms with Crippen molar-refractivity contribution in [1.82, 2.24) is 14.8 Å². The van der Waals surface area contributed by atoms with E-state index in [1.165, 1.54) is 11.8 Å². The number of thioether (sulfide) groups is 1. The van der Waals surface area contributed by atoms with Crippen LogP contribution in [0.3, 0.4) is 0 Å². The van der Waals surface area contributed by atoms with Gasteiger partial charge in [-0.25, -0.2) is 0 Å². The Hall–Kier alpha value is -0.590. The van der Waals surface area contributed by atoms with Crippen molar-refractivity contribution in [3.05, 3.63) is 5.82 Å². The first-order chi connectivity index (χ1) is 6.33. The topological polar surface area (TPSA) is 66.0 Å². The van der Waals surface area contributed by atoms with Gasteiger partial charge in [0, 0.05) is 13.7 Å². The van der Waals surface area contributed by atoms with Crippen LogP contribution >= 0.6 is 11.8 Å². The second-order valence-electron chi connectivity index (χ2n) is 2.40. The summed E-state index contributed by atoms with van der Waals surface area (Å²) >= 11 is 1.52. The lowest BCUT2D eigenvalue weighted by atomic mass is 10.6. The summed E-state index contributed by atoms with van der Waals surface area (Å²) in [5, 5.41) is 8.85. The Labute approximate surface area is 81.7 Å². The fraction of sp³-hybridized carbons (Fsp3) is 0.714. The van der Waals surface area contributed by atoms with Gasteiger partial charge in [-0.2, -0.15) is 0 Å². The molecule has 0 fully saturated rings. The van der Waals surface area contributed by atoms with E-state index < -0.39 is 0 Å². The minimum atomic E-state index is 0.425. The van der Waals surface area contributed by atoms with Crippen molar-refractivity contribution in [2.45, 2.75) is 25.2 Å². The van der Waals surface area contributed by atoms with E-state index in [0.29, 0.717) is 12.5 Å². The Balaban J connectivity index is 2.75. The number of hydrogen-bond acceptors (Lipinski definition) is 5. The zero-order valence-corrected chi connectivity index (χ0v) is 8.67. The summed E-state index contributed by atoms with van der Waals surface area (Å²) in [6.45, 7) is 3.30. The highest BCUT2D eigenvalue weighted by molar-refractivity contribution is 7.99. The Bertz CT molecular complexity index is 263. The molecule has 0 aliphatic heterocycles. The third kappa shape index (κ3) is 2.43. The van der Waals surface area contributed by atoms with E-state index in [1.807, 2.05) is 11.5 Å². The summed E-state index contributed by atoms with van der Waals surface area (Å²) in [4.78, 5) is 0. The molecule has 0 bridgehead atoms. The molecule has 1 heterocycles. The fourth-order valence-electron chi connectivity index (χ4n) is 1.01. The van der Waals surface area contributed by atoms with Gasteiger partial charge in [0.1, 0.15) is 5.82 Å². The maximum atomic E-state index is 5.50. The molecule has 0 saturated heterocycles. The molecule has 0 atom stereocenters. The largest absolute Gasteiger partial charge is 0.374 e. The van der Waals surface area contributed by atoms with Crippen molar-refractivity contribution >= 4 is 11.8 Å². The summed E-state index contributed by atoms with van der Waals surface area (Å²) in [6, 6.07) is 0. The standard InChI is InChI=1S/C7H14N4OS/c1-3-11-6(4-8)9-10-7(11)13-5-12-2/h3-5,8H2,1-2H3. The number of nitrogens with two attached hydrogens (primary N) is 1. The molecule has 1 rings (SSSR count). The Morgan fingerprint density at radius 3 is 2.85 bits per heavy atom. The lowest BCUT2D eigenvalue weighted by Gasteiger charge is -2.04. The first-order valence-electron chi connectivity index (χ1n) is 4.07. The summed E-state index contributed by atoms with van der Waals surface area (Å²) in [6.07, 6.45) is 0. The van der Waals surface area contributed by atoms with Crippen LogP contribution in [0.25, 0.3) is 0 Å². The Kier molecular flexibility index (Phi) is 4.20. The fourth-order valence-corrected chi connectivity index (χ4v) is 1.72. The van der Waals surface area contributed by atoms with Gasteiger partial charge < -0.3 is 15.0 Å². The zero-order chi connectivity index (χ0) is 9.68. The number of methoxy groups -OCH3 is 1. The molecule has 74 valence electrons. The van der Waals surface area contributed by atoms with Crippen LogP contribution in [-0.4, -0.2) is 27.8 Å². The van der Waals surface area contributed by atoms with Gasteiger partial charge in [0.2, 0.25) is 0 Å². The maximum absolute atomic E-state index is 5.50. The molecule has 0 aliphatic carbocycles. The maximum Gasteiger partial charge on any atom is 0.193 e. The van der Waals surface area contributed by atoms with E-state index in [2.05, 4.69) is 10.2 Å². The predicted octanol–water partition coefficient (Wildman–Crippen LogP) is 0.453. The zero-order valence-electron chi connectivity index (χ0n) is 7.86. The molecule has 2 N–H and O–H groups in total. The van der Waals surface area contributed by atoms with Crippen molar-refractivity contribution in [2.75, 3.05) is 13.0 Å². The van der Waals surface area contributed by atoms with Crippen LogP contribution in [0.15, 0.2) is 5.16 Å². The van der Waals surface area contributed by atoms with Crippen LogP contribution in [0.5, 0.6) is 0 Å². The molecule has 0 amide bonds. The second-order valence-corrected chi connectivity index (χ2v) is 3.29. The SMILES string of the molecule is CCn1c(CN)nnc1SCOC. The predicted molar refractivity (Wildman–Crippen MR) is 51.3 cm³/mol. The number of aromatic nitrogens is 3. The van der Waals surface area contributed by atoms with Crippen molar-refractivity contribution in [3.63, 3.8) is 0 Å². The number of ether oxygens (including phenoxy) is 1. The normalized spacial score (nSPS) is 10.7. The monoisotopic (exact) mass is 202 g/mol. The van der Waals surface area contributed by atoms with Crippen LogP contribution in [0.2, 0.25) is 0 Å². The summed E-state index contributed by atoms with van der Waals surface area (Å²) in [5.41, 5.74) is 5.50. The van der Waals surface area contributed by atoms with Crippen molar-refractivity contribution < 1.29 is 4.74 Å². The minimum absolute atomic E-state index is 0.425. The van der Waals surface area contributed by atoms with E-state index in [4.69, 9.17) is 10.5 Å². The molecular formula is C7H14N4OS. The Morgan fingerprint density at radius 2 is 2.31 bits per heavy atom. The first kappa shape index (κ1) is 10.5. The average molecular weight is 202 g/mol.